The van der Waals surface area contributed by atoms with Crippen molar-refractivity contribution >= 4 is 17.4 Å². The number of anilines is 1. The molecule has 3 saturated carbocycles. The van der Waals surface area contributed by atoms with Crippen LogP contribution in [0.25, 0.3) is 0 Å². The van der Waals surface area contributed by atoms with E-state index in [2.05, 4.69) is 12.2 Å². The van der Waals surface area contributed by atoms with Crippen LogP contribution in [-0.2, 0) is 4.79 Å². The van der Waals surface area contributed by atoms with Crippen LogP contribution in [0.3, 0.4) is 0 Å². The van der Waals surface area contributed by atoms with E-state index in [-0.39, 0.29) is 11.7 Å². The van der Waals surface area contributed by atoms with Crippen LogP contribution in [0.15, 0.2) is 36.0 Å². The van der Waals surface area contributed by atoms with Gasteiger partial charge in [0.05, 0.1) is 11.1 Å². The van der Waals surface area contributed by atoms with Crippen LogP contribution in [-0.4, -0.2) is 16.9 Å². The lowest BCUT2D eigenvalue weighted by Crippen LogP contribution is -2.54. The number of allylic oxidation sites excluding steroid dienone is 2. The molecule has 3 aliphatic carbocycles. The number of benzene rings is 1. The van der Waals surface area contributed by atoms with E-state index >= 15 is 0 Å². The van der Waals surface area contributed by atoms with Gasteiger partial charge in [0.1, 0.15) is 0 Å². The Morgan fingerprint density at radius 1 is 1.10 bits per heavy atom. The molecule has 5 rings (SSSR count). The quantitative estimate of drug-likeness (QED) is 0.599. The Labute approximate surface area is 179 Å². The van der Waals surface area contributed by atoms with E-state index in [4.69, 9.17) is 0 Å². The minimum Gasteiger partial charge on any atom is -0.481 e. The maximum Gasteiger partial charge on any atom is 0.309 e. The number of para-hydroxylation sites is 1. The molecule has 4 aliphatic rings. The summed E-state index contributed by atoms with van der Waals surface area (Å²) in [5.41, 5.74) is 1.61. The first kappa shape index (κ1) is 19.8. The first-order valence-corrected chi connectivity index (χ1v) is 11.7. The predicted octanol–water partition coefficient (Wildman–Crippen LogP) is 5.90. The molecule has 0 radical (unpaired) electrons. The van der Waals surface area contributed by atoms with Crippen molar-refractivity contribution in [1.82, 2.24) is 0 Å². The van der Waals surface area contributed by atoms with E-state index in [9.17, 15) is 14.7 Å². The van der Waals surface area contributed by atoms with Gasteiger partial charge in [-0.05, 0) is 86.7 Å². The molecule has 4 nitrogen and oxygen atoms in total. The van der Waals surface area contributed by atoms with Gasteiger partial charge in [-0.15, -0.1) is 0 Å². The monoisotopic (exact) mass is 407 g/mol. The predicted molar refractivity (Wildman–Crippen MR) is 117 cm³/mol. The molecule has 1 aromatic rings. The van der Waals surface area contributed by atoms with Crippen molar-refractivity contribution < 1.29 is 14.7 Å². The summed E-state index contributed by atoms with van der Waals surface area (Å²) in [6, 6.07) is 7.57. The molecular weight excluding hydrogens is 374 g/mol. The van der Waals surface area contributed by atoms with E-state index in [0.29, 0.717) is 34.9 Å². The molecule has 1 aromatic carbocycles. The second-order valence-corrected chi connectivity index (χ2v) is 10.7. The Bertz CT molecular complexity index is 921. The summed E-state index contributed by atoms with van der Waals surface area (Å²) in [4.78, 5) is 25.5. The Hall–Kier alpha value is -2.10. The fraction of sp³-hybridized carbons (Fsp3) is 0.615. The number of fused-ring (bicyclic) bond motifs is 4. The normalized spacial score (nSPS) is 41.5. The lowest BCUT2D eigenvalue weighted by molar-refractivity contribution is -0.162. The van der Waals surface area contributed by atoms with Gasteiger partial charge in [0.25, 0.3) is 0 Å². The summed E-state index contributed by atoms with van der Waals surface area (Å²) < 4.78 is 0. The SMILES string of the molecule is CC1(C(=O)O)CCC2C(CCC3CCCCC32C)C1/C=C1\Nc2ccccc2C1=O. The molecule has 6 unspecified atom stereocenters. The maximum atomic E-state index is 13.0. The minimum absolute atomic E-state index is 0.00183. The molecule has 160 valence electrons. The molecule has 2 N–H and O–H groups in total. The van der Waals surface area contributed by atoms with Gasteiger partial charge in [-0.3, -0.25) is 9.59 Å². The van der Waals surface area contributed by atoms with Crippen molar-refractivity contribution in [2.24, 2.45) is 34.5 Å². The Morgan fingerprint density at radius 2 is 1.90 bits per heavy atom. The van der Waals surface area contributed by atoms with Gasteiger partial charge in [0.2, 0.25) is 5.78 Å². The summed E-state index contributed by atoms with van der Waals surface area (Å²) in [6.07, 6.45) is 11.2. The van der Waals surface area contributed by atoms with Crippen LogP contribution in [0.5, 0.6) is 0 Å². The zero-order valence-electron chi connectivity index (χ0n) is 18.1. The maximum absolute atomic E-state index is 13.0. The number of carbonyl (C=O) groups is 2. The lowest BCUT2D eigenvalue weighted by atomic mass is 9.45. The third kappa shape index (κ3) is 2.79. The third-order valence-corrected chi connectivity index (χ3v) is 9.36. The minimum atomic E-state index is -0.817. The first-order valence-electron chi connectivity index (χ1n) is 11.7. The molecule has 0 spiro atoms. The third-order valence-electron chi connectivity index (χ3n) is 9.36. The van der Waals surface area contributed by atoms with Gasteiger partial charge in [-0.2, -0.15) is 0 Å². The van der Waals surface area contributed by atoms with Crippen LogP contribution in [0.2, 0.25) is 0 Å². The summed E-state index contributed by atoms with van der Waals surface area (Å²) in [5.74, 6) is 0.842. The number of nitrogens with one attached hydrogen (secondary N) is 1. The smallest absolute Gasteiger partial charge is 0.309 e. The van der Waals surface area contributed by atoms with Crippen LogP contribution < -0.4 is 5.32 Å². The van der Waals surface area contributed by atoms with Crippen molar-refractivity contribution in [3.8, 4) is 0 Å². The van der Waals surface area contributed by atoms with Gasteiger partial charge in [0.15, 0.2) is 0 Å². The van der Waals surface area contributed by atoms with Crippen molar-refractivity contribution in [1.29, 1.82) is 0 Å². The number of ketones is 1. The van der Waals surface area contributed by atoms with E-state index in [1.54, 1.807) is 0 Å². The molecule has 3 fully saturated rings. The Balaban J connectivity index is 1.54. The molecule has 0 amide bonds. The molecular formula is C26H33NO3. The summed E-state index contributed by atoms with van der Waals surface area (Å²) in [5, 5.41) is 13.5. The molecule has 30 heavy (non-hydrogen) atoms. The molecule has 1 heterocycles. The highest BCUT2D eigenvalue weighted by Crippen LogP contribution is 2.63. The highest BCUT2D eigenvalue weighted by atomic mass is 16.4. The number of carboxylic acids is 1. The van der Waals surface area contributed by atoms with Crippen molar-refractivity contribution in [2.75, 3.05) is 5.32 Å². The van der Waals surface area contributed by atoms with Gasteiger partial charge in [-0.25, -0.2) is 0 Å². The van der Waals surface area contributed by atoms with Crippen LogP contribution in [0.1, 0.15) is 75.6 Å². The van der Waals surface area contributed by atoms with E-state index in [1.807, 2.05) is 37.3 Å². The van der Waals surface area contributed by atoms with Crippen molar-refractivity contribution in [2.45, 2.75) is 65.2 Å². The van der Waals surface area contributed by atoms with E-state index in [1.165, 1.54) is 32.1 Å². The van der Waals surface area contributed by atoms with Crippen molar-refractivity contribution in [3.63, 3.8) is 0 Å². The van der Waals surface area contributed by atoms with Crippen LogP contribution in [0.4, 0.5) is 5.69 Å². The fourth-order valence-electron chi connectivity index (χ4n) is 7.54. The fourth-order valence-corrected chi connectivity index (χ4v) is 7.54. The number of hydrogen-bond donors (Lipinski definition) is 2. The second-order valence-electron chi connectivity index (χ2n) is 10.7. The molecule has 0 saturated heterocycles. The van der Waals surface area contributed by atoms with Crippen LogP contribution >= 0.6 is 0 Å². The highest BCUT2D eigenvalue weighted by molar-refractivity contribution is 6.18. The standard InChI is InChI=1S/C26H33NO3/c1-25-13-6-5-7-16(25)10-11-17-19(25)12-14-26(2,24(29)30)20(17)15-22-23(28)18-8-3-4-9-21(18)27-22/h3-4,8-9,15-17,19-20,27H,5-7,10-14H2,1-2H3,(H,29,30)/b22-15-. The zero-order chi connectivity index (χ0) is 21.1. The number of carbonyl (C=O) groups excluding carboxylic acids is 1. The molecule has 0 bridgehead atoms. The molecule has 1 aliphatic heterocycles. The highest BCUT2D eigenvalue weighted by Gasteiger charge is 2.58. The molecule has 6 atom stereocenters. The van der Waals surface area contributed by atoms with Crippen molar-refractivity contribution in [3.05, 3.63) is 41.6 Å². The number of aliphatic carboxylic acids is 1. The first-order chi connectivity index (χ1) is 14.3. The Kier molecular flexibility index (Phi) is 4.61. The molecule has 0 aromatic heterocycles. The van der Waals surface area contributed by atoms with E-state index < -0.39 is 11.4 Å². The number of Topliss-reactive ketones (excluding diaryl/α,β-unsaturated/α-hetero) is 1. The van der Waals surface area contributed by atoms with E-state index in [0.717, 1.165) is 24.4 Å². The average Bonchev–Trinajstić information content (AvgIpc) is 3.05. The lowest BCUT2D eigenvalue weighted by Gasteiger charge is -2.59. The van der Waals surface area contributed by atoms with Gasteiger partial charge in [-0.1, -0.05) is 38.0 Å². The number of hydrogen-bond acceptors (Lipinski definition) is 3. The zero-order valence-corrected chi connectivity index (χ0v) is 18.1. The number of carboxylic acid groups (broad SMARTS) is 1. The average molecular weight is 408 g/mol. The van der Waals surface area contributed by atoms with Gasteiger partial charge >= 0.3 is 5.97 Å². The van der Waals surface area contributed by atoms with Gasteiger partial charge in [0, 0.05) is 11.3 Å². The van der Waals surface area contributed by atoms with Gasteiger partial charge < -0.3 is 10.4 Å². The topological polar surface area (TPSA) is 66.4 Å². The molecule has 4 heteroatoms. The second kappa shape index (κ2) is 6.96. The van der Waals surface area contributed by atoms with Crippen LogP contribution in [0, 0.1) is 34.5 Å². The number of rotatable bonds is 2. The summed E-state index contributed by atoms with van der Waals surface area (Å²) >= 11 is 0. The summed E-state index contributed by atoms with van der Waals surface area (Å²) in [7, 11) is 0. The Morgan fingerprint density at radius 3 is 2.67 bits per heavy atom. The summed E-state index contributed by atoms with van der Waals surface area (Å²) in [6.45, 7) is 4.39. The largest absolute Gasteiger partial charge is 0.481 e.